The molecule has 8 heteroatoms. The maximum atomic E-state index is 13.4. The lowest BCUT2D eigenvalue weighted by Gasteiger charge is -2.18. The van der Waals surface area contributed by atoms with E-state index in [-0.39, 0.29) is 35.6 Å². The standard InChI is InChI=1S/C22H27FN2O4S/c1-3-4-13-24-22(26)21-15-25(14-20(21)16-5-7-17(23)8-6-16)30(27,28)19-11-9-18(29-2)10-12-19/h5-12,20-21H,3-4,13-15H2,1-2H3,(H,24,26)/t20-,21-/m1/s1. The van der Waals surface area contributed by atoms with Crippen molar-refractivity contribution in [1.82, 2.24) is 9.62 Å². The van der Waals surface area contributed by atoms with Crippen LogP contribution in [0.15, 0.2) is 53.4 Å². The average molecular weight is 435 g/mol. The Labute approximate surface area is 177 Å². The number of rotatable bonds is 8. The third kappa shape index (κ3) is 4.82. The van der Waals surface area contributed by atoms with Gasteiger partial charge in [-0.1, -0.05) is 25.5 Å². The van der Waals surface area contributed by atoms with Crippen molar-refractivity contribution in [2.45, 2.75) is 30.6 Å². The van der Waals surface area contributed by atoms with Crippen LogP contribution in [0, 0.1) is 11.7 Å². The van der Waals surface area contributed by atoms with Crippen LogP contribution >= 0.6 is 0 Å². The number of nitrogens with one attached hydrogen (secondary N) is 1. The molecule has 2 aromatic rings. The van der Waals surface area contributed by atoms with Crippen LogP contribution in [0.1, 0.15) is 31.2 Å². The number of benzene rings is 2. The summed E-state index contributed by atoms with van der Waals surface area (Å²) in [6, 6.07) is 12.1. The molecule has 0 bridgehead atoms. The number of hydrogen-bond donors (Lipinski definition) is 1. The van der Waals surface area contributed by atoms with Crippen molar-refractivity contribution < 1.29 is 22.3 Å². The van der Waals surface area contributed by atoms with Crippen molar-refractivity contribution >= 4 is 15.9 Å². The highest BCUT2D eigenvalue weighted by Gasteiger charge is 2.43. The van der Waals surface area contributed by atoms with E-state index in [4.69, 9.17) is 4.74 Å². The Morgan fingerprint density at radius 2 is 1.80 bits per heavy atom. The number of carbonyl (C=O) groups excluding carboxylic acids is 1. The maximum Gasteiger partial charge on any atom is 0.243 e. The van der Waals surface area contributed by atoms with Gasteiger partial charge in [-0.2, -0.15) is 4.31 Å². The maximum absolute atomic E-state index is 13.4. The molecule has 1 saturated heterocycles. The molecule has 1 N–H and O–H groups in total. The highest BCUT2D eigenvalue weighted by Crippen LogP contribution is 2.36. The summed E-state index contributed by atoms with van der Waals surface area (Å²) in [5.41, 5.74) is 0.750. The first kappa shape index (κ1) is 22.2. The Hall–Kier alpha value is -2.45. The first-order valence-corrected chi connectivity index (χ1v) is 11.5. The highest BCUT2D eigenvalue weighted by molar-refractivity contribution is 7.89. The van der Waals surface area contributed by atoms with E-state index in [1.54, 1.807) is 24.3 Å². The van der Waals surface area contributed by atoms with Crippen molar-refractivity contribution in [3.63, 3.8) is 0 Å². The van der Waals surface area contributed by atoms with E-state index in [2.05, 4.69) is 5.32 Å². The molecule has 2 aromatic carbocycles. The van der Waals surface area contributed by atoms with Gasteiger partial charge in [-0.3, -0.25) is 4.79 Å². The Morgan fingerprint density at radius 3 is 2.40 bits per heavy atom. The third-order valence-electron chi connectivity index (χ3n) is 5.45. The number of carbonyl (C=O) groups is 1. The quantitative estimate of drug-likeness (QED) is 0.648. The zero-order chi connectivity index (χ0) is 21.7. The number of sulfonamides is 1. The monoisotopic (exact) mass is 434 g/mol. The Balaban J connectivity index is 1.87. The van der Waals surface area contributed by atoms with Crippen molar-refractivity contribution in [3.8, 4) is 5.75 Å². The van der Waals surface area contributed by atoms with Crippen LogP contribution in [-0.4, -0.2) is 45.4 Å². The van der Waals surface area contributed by atoms with Gasteiger partial charge in [-0.05, 0) is 48.4 Å². The second kappa shape index (κ2) is 9.57. The molecule has 6 nitrogen and oxygen atoms in total. The van der Waals surface area contributed by atoms with Crippen LogP contribution < -0.4 is 10.1 Å². The summed E-state index contributed by atoms with van der Waals surface area (Å²) in [6.07, 6.45) is 1.80. The van der Waals surface area contributed by atoms with Crippen LogP contribution in [-0.2, 0) is 14.8 Å². The number of hydrogen-bond acceptors (Lipinski definition) is 4. The molecule has 0 saturated carbocycles. The number of halogens is 1. The van der Waals surface area contributed by atoms with E-state index in [0.717, 1.165) is 18.4 Å². The zero-order valence-electron chi connectivity index (χ0n) is 17.2. The molecule has 1 fully saturated rings. The molecule has 1 heterocycles. The van der Waals surface area contributed by atoms with Gasteiger partial charge in [0.15, 0.2) is 0 Å². The molecule has 0 aromatic heterocycles. The Morgan fingerprint density at radius 1 is 1.13 bits per heavy atom. The van der Waals surface area contributed by atoms with E-state index >= 15 is 0 Å². The molecule has 1 amide bonds. The summed E-state index contributed by atoms with van der Waals surface area (Å²) in [4.78, 5) is 13.0. The van der Waals surface area contributed by atoms with Gasteiger partial charge in [0.1, 0.15) is 11.6 Å². The second-order valence-corrected chi connectivity index (χ2v) is 9.34. The number of ether oxygens (including phenoxy) is 1. The lowest BCUT2D eigenvalue weighted by molar-refractivity contribution is -0.124. The second-order valence-electron chi connectivity index (χ2n) is 7.41. The highest BCUT2D eigenvalue weighted by atomic mass is 32.2. The molecule has 0 aliphatic carbocycles. The molecular weight excluding hydrogens is 407 g/mol. The van der Waals surface area contributed by atoms with E-state index in [0.29, 0.717) is 12.3 Å². The van der Waals surface area contributed by atoms with Crippen molar-refractivity contribution in [2.75, 3.05) is 26.7 Å². The molecular formula is C22H27FN2O4S. The average Bonchev–Trinajstić information content (AvgIpc) is 3.21. The van der Waals surface area contributed by atoms with Gasteiger partial charge in [-0.25, -0.2) is 12.8 Å². The van der Waals surface area contributed by atoms with Crippen molar-refractivity contribution in [2.24, 2.45) is 5.92 Å². The van der Waals surface area contributed by atoms with Gasteiger partial charge in [-0.15, -0.1) is 0 Å². The van der Waals surface area contributed by atoms with E-state index in [1.807, 2.05) is 6.92 Å². The molecule has 1 aliphatic rings. The van der Waals surface area contributed by atoms with Crippen LogP contribution in [0.2, 0.25) is 0 Å². The van der Waals surface area contributed by atoms with Crippen LogP contribution in [0.5, 0.6) is 5.75 Å². The van der Waals surface area contributed by atoms with Crippen molar-refractivity contribution in [1.29, 1.82) is 0 Å². The zero-order valence-corrected chi connectivity index (χ0v) is 18.0. The van der Waals surface area contributed by atoms with Gasteiger partial charge in [0.25, 0.3) is 0 Å². The van der Waals surface area contributed by atoms with Crippen LogP contribution in [0.4, 0.5) is 4.39 Å². The predicted octanol–water partition coefficient (Wildman–Crippen LogP) is 3.15. The molecule has 30 heavy (non-hydrogen) atoms. The van der Waals surface area contributed by atoms with Gasteiger partial charge in [0, 0.05) is 25.6 Å². The topological polar surface area (TPSA) is 75.7 Å². The molecule has 162 valence electrons. The fourth-order valence-electron chi connectivity index (χ4n) is 3.69. The molecule has 3 rings (SSSR count). The fourth-order valence-corrected chi connectivity index (χ4v) is 5.19. The van der Waals surface area contributed by atoms with E-state index < -0.39 is 15.9 Å². The van der Waals surface area contributed by atoms with Gasteiger partial charge in [0.2, 0.25) is 15.9 Å². The van der Waals surface area contributed by atoms with E-state index in [9.17, 15) is 17.6 Å². The summed E-state index contributed by atoms with van der Waals surface area (Å²) >= 11 is 0. The minimum absolute atomic E-state index is 0.0777. The normalized spacial score (nSPS) is 19.6. The van der Waals surface area contributed by atoms with Crippen LogP contribution in [0.25, 0.3) is 0 Å². The summed E-state index contributed by atoms with van der Waals surface area (Å²) in [5, 5.41) is 2.91. The molecule has 2 atom stereocenters. The van der Waals surface area contributed by atoms with Gasteiger partial charge >= 0.3 is 0 Å². The van der Waals surface area contributed by atoms with E-state index in [1.165, 1.54) is 35.7 Å². The molecule has 0 spiro atoms. The number of nitrogens with zero attached hydrogens (tertiary/aromatic N) is 1. The van der Waals surface area contributed by atoms with Crippen LogP contribution in [0.3, 0.4) is 0 Å². The lowest BCUT2D eigenvalue weighted by atomic mass is 9.88. The molecule has 1 aliphatic heterocycles. The summed E-state index contributed by atoms with van der Waals surface area (Å²) in [7, 11) is -2.27. The number of methoxy groups -OCH3 is 1. The number of unbranched alkanes of at least 4 members (excludes halogenated alkanes) is 1. The lowest BCUT2D eigenvalue weighted by Crippen LogP contribution is -2.36. The number of amides is 1. The predicted molar refractivity (Wildman–Crippen MR) is 112 cm³/mol. The van der Waals surface area contributed by atoms with Gasteiger partial charge < -0.3 is 10.1 Å². The summed E-state index contributed by atoms with van der Waals surface area (Å²) in [5.74, 6) is -0.873. The first-order chi connectivity index (χ1) is 14.4. The third-order valence-corrected chi connectivity index (χ3v) is 7.29. The first-order valence-electron chi connectivity index (χ1n) is 10.0. The SMILES string of the molecule is CCCCNC(=O)[C@@H]1CN(S(=O)(=O)c2ccc(OC)cc2)C[C@@H]1c1ccc(F)cc1. The smallest absolute Gasteiger partial charge is 0.243 e. The van der Waals surface area contributed by atoms with Gasteiger partial charge in [0.05, 0.1) is 17.9 Å². The minimum atomic E-state index is -3.78. The molecule has 0 unspecified atom stereocenters. The largest absolute Gasteiger partial charge is 0.497 e. The summed E-state index contributed by atoms with van der Waals surface area (Å²) in [6.45, 7) is 2.82. The minimum Gasteiger partial charge on any atom is -0.497 e. The molecule has 0 radical (unpaired) electrons. The fraction of sp³-hybridized carbons (Fsp3) is 0.409. The Kier molecular flexibility index (Phi) is 7.10. The Bertz CT molecular complexity index is 962. The summed E-state index contributed by atoms with van der Waals surface area (Å²) < 4.78 is 46.2. The van der Waals surface area contributed by atoms with Crippen molar-refractivity contribution in [3.05, 3.63) is 59.9 Å².